The highest BCUT2D eigenvalue weighted by atomic mass is 16.3. The van der Waals surface area contributed by atoms with Crippen molar-refractivity contribution in [2.45, 2.75) is 58.3 Å². The Hall–Kier alpha value is -0.820. The molecule has 1 aromatic rings. The molecule has 1 N–H and O–H groups in total. The Bertz CT molecular complexity index is 306. The maximum absolute atomic E-state index is 9.51. The predicted octanol–water partition coefficient (Wildman–Crippen LogP) is 4.43. The molecule has 1 unspecified atom stereocenters. The number of unbranched alkanes of at least 4 members (excludes halogenated alkanes) is 4. The molecule has 0 saturated heterocycles. The Balaban J connectivity index is 2.41. The number of hydrogen-bond donors (Lipinski definition) is 1. The van der Waals surface area contributed by atoms with Crippen molar-refractivity contribution in [3.05, 3.63) is 35.4 Å². The summed E-state index contributed by atoms with van der Waals surface area (Å²) in [6.45, 7) is 4.65. The molecular weight excluding hydrogens is 208 g/mol. The van der Waals surface area contributed by atoms with Gasteiger partial charge in [-0.15, -0.1) is 0 Å². The van der Waals surface area contributed by atoms with Gasteiger partial charge in [-0.3, -0.25) is 0 Å². The molecule has 0 fully saturated rings. The van der Waals surface area contributed by atoms with E-state index in [9.17, 15) is 5.11 Å². The highest BCUT2D eigenvalue weighted by molar-refractivity contribution is 5.29. The Labute approximate surface area is 106 Å². The van der Waals surface area contributed by atoms with Crippen molar-refractivity contribution >= 4 is 0 Å². The number of hydrogen-bond acceptors (Lipinski definition) is 1. The summed E-state index contributed by atoms with van der Waals surface area (Å²) in [6, 6.07) is 8.42. The van der Waals surface area contributed by atoms with Crippen LogP contribution >= 0.6 is 0 Å². The van der Waals surface area contributed by atoms with Gasteiger partial charge in [-0.2, -0.15) is 0 Å². The summed E-state index contributed by atoms with van der Waals surface area (Å²) in [5.74, 6) is 0.331. The van der Waals surface area contributed by atoms with Gasteiger partial charge < -0.3 is 5.11 Å². The van der Waals surface area contributed by atoms with Crippen LogP contribution in [-0.2, 0) is 0 Å². The largest absolute Gasteiger partial charge is 0.396 e. The van der Waals surface area contributed by atoms with Gasteiger partial charge in [-0.25, -0.2) is 0 Å². The van der Waals surface area contributed by atoms with E-state index in [1.807, 2.05) is 0 Å². The van der Waals surface area contributed by atoms with E-state index in [2.05, 4.69) is 38.1 Å². The molecule has 0 spiro atoms. The molecule has 17 heavy (non-hydrogen) atoms. The monoisotopic (exact) mass is 234 g/mol. The van der Waals surface area contributed by atoms with E-state index >= 15 is 0 Å². The molecule has 0 radical (unpaired) electrons. The van der Waals surface area contributed by atoms with Gasteiger partial charge in [-0.1, -0.05) is 63.3 Å². The van der Waals surface area contributed by atoms with Crippen LogP contribution in [0.15, 0.2) is 24.3 Å². The lowest BCUT2D eigenvalue weighted by molar-refractivity contribution is 0.256. The van der Waals surface area contributed by atoms with E-state index in [4.69, 9.17) is 0 Å². The molecule has 1 atom stereocenters. The molecule has 0 amide bonds. The molecule has 1 heteroatoms. The maximum Gasteiger partial charge on any atom is 0.0499 e. The Kier molecular flexibility index (Phi) is 6.95. The number of aryl methyl sites for hydroxylation is 1. The Morgan fingerprint density at radius 1 is 1.06 bits per heavy atom. The predicted molar refractivity (Wildman–Crippen MR) is 74.4 cm³/mol. The first-order valence-electron chi connectivity index (χ1n) is 6.96. The molecule has 1 aromatic carbocycles. The normalized spacial score (nSPS) is 12.6. The molecule has 96 valence electrons. The smallest absolute Gasteiger partial charge is 0.0499 e. The summed E-state index contributed by atoms with van der Waals surface area (Å²) in [7, 11) is 0. The van der Waals surface area contributed by atoms with E-state index < -0.39 is 0 Å². The van der Waals surface area contributed by atoms with Crippen LogP contribution in [0.4, 0.5) is 0 Å². The first kappa shape index (κ1) is 14.2. The number of aliphatic hydroxyl groups is 1. The van der Waals surface area contributed by atoms with Crippen LogP contribution in [0.2, 0.25) is 0 Å². The number of aliphatic hydroxyl groups excluding tert-OH is 1. The van der Waals surface area contributed by atoms with E-state index in [0.717, 1.165) is 6.42 Å². The van der Waals surface area contributed by atoms with Crippen LogP contribution in [0.3, 0.4) is 0 Å². The summed E-state index contributed by atoms with van der Waals surface area (Å²) in [5, 5.41) is 9.51. The summed E-state index contributed by atoms with van der Waals surface area (Å²) in [5.41, 5.74) is 2.63. The van der Waals surface area contributed by atoms with Gasteiger partial charge in [-0.05, 0) is 24.5 Å². The van der Waals surface area contributed by atoms with Crippen LogP contribution in [-0.4, -0.2) is 11.7 Å². The fraction of sp³-hybridized carbons (Fsp3) is 0.625. The van der Waals surface area contributed by atoms with Crippen molar-refractivity contribution in [2.24, 2.45) is 0 Å². The fourth-order valence-corrected chi connectivity index (χ4v) is 2.38. The van der Waals surface area contributed by atoms with Gasteiger partial charge in [0.25, 0.3) is 0 Å². The first-order valence-corrected chi connectivity index (χ1v) is 6.96. The lowest BCUT2D eigenvalue weighted by Gasteiger charge is -2.16. The van der Waals surface area contributed by atoms with Crippen LogP contribution in [0, 0.1) is 6.92 Å². The quantitative estimate of drug-likeness (QED) is 0.660. The van der Waals surface area contributed by atoms with Crippen molar-refractivity contribution < 1.29 is 5.11 Å². The van der Waals surface area contributed by atoms with Gasteiger partial charge in [0.1, 0.15) is 0 Å². The van der Waals surface area contributed by atoms with E-state index in [-0.39, 0.29) is 6.61 Å². The van der Waals surface area contributed by atoms with Gasteiger partial charge in [0.15, 0.2) is 0 Å². The minimum absolute atomic E-state index is 0.276. The van der Waals surface area contributed by atoms with Crippen molar-refractivity contribution in [1.82, 2.24) is 0 Å². The van der Waals surface area contributed by atoms with Crippen molar-refractivity contribution in [1.29, 1.82) is 0 Å². The fourth-order valence-electron chi connectivity index (χ4n) is 2.38. The lowest BCUT2D eigenvalue weighted by atomic mass is 9.90. The van der Waals surface area contributed by atoms with Crippen molar-refractivity contribution in [2.75, 3.05) is 6.61 Å². The average molecular weight is 234 g/mol. The average Bonchev–Trinajstić information content (AvgIpc) is 2.35. The minimum Gasteiger partial charge on any atom is -0.396 e. The lowest BCUT2D eigenvalue weighted by Crippen LogP contribution is -2.06. The molecule has 1 nitrogen and oxygen atoms in total. The third-order valence-electron chi connectivity index (χ3n) is 3.50. The number of rotatable bonds is 8. The summed E-state index contributed by atoms with van der Waals surface area (Å²) in [4.78, 5) is 0. The summed E-state index contributed by atoms with van der Waals surface area (Å²) < 4.78 is 0. The van der Waals surface area contributed by atoms with Crippen LogP contribution < -0.4 is 0 Å². The second-order valence-corrected chi connectivity index (χ2v) is 4.94. The minimum atomic E-state index is 0.276. The third-order valence-corrected chi connectivity index (χ3v) is 3.50. The van der Waals surface area contributed by atoms with E-state index in [1.165, 1.54) is 43.2 Å². The van der Waals surface area contributed by atoms with Gasteiger partial charge in [0, 0.05) is 12.5 Å². The summed E-state index contributed by atoms with van der Waals surface area (Å²) in [6.07, 6.45) is 7.62. The summed E-state index contributed by atoms with van der Waals surface area (Å²) >= 11 is 0. The third kappa shape index (κ3) is 4.91. The first-order chi connectivity index (χ1) is 8.29. The molecular formula is C16H26O. The molecule has 0 aromatic heterocycles. The van der Waals surface area contributed by atoms with Crippen LogP contribution in [0.5, 0.6) is 0 Å². The van der Waals surface area contributed by atoms with Crippen molar-refractivity contribution in [3.63, 3.8) is 0 Å². The second-order valence-electron chi connectivity index (χ2n) is 4.94. The zero-order chi connectivity index (χ0) is 12.5. The Morgan fingerprint density at radius 2 is 1.76 bits per heavy atom. The van der Waals surface area contributed by atoms with Gasteiger partial charge >= 0.3 is 0 Å². The van der Waals surface area contributed by atoms with Gasteiger partial charge in [0.05, 0.1) is 0 Å². The highest BCUT2D eigenvalue weighted by Gasteiger charge is 2.11. The topological polar surface area (TPSA) is 20.2 Å². The molecule has 0 saturated carbocycles. The SMILES string of the molecule is CCCCCCCC(CO)c1ccccc1C. The van der Waals surface area contributed by atoms with E-state index in [0.29, 0.717) is 5.92 Å². The molecule has 0 aliphatic heterocycles. The number of benzene rings is 1. The Morgan fingerprint density at radius 3 is 2.41 bits per heavy atom. The second kappa shape index (κ2) is 8.30. The molecule has 0 aliphatic rings. The van der Waals surface area contributed by atoms with Crippen LogP contribution in [0.1, 0.15) is 62.5 Å². The van der Waals surface area contributed by atoms with Crippen LogP contribution in [0.25, 0.3) is 0 Å². The van der Waals surface area contributed by atoms with E-state index in [1.54, 1.807) is 0 Å². The van der Waals surface area contributed by atoms with Crippen molar-refractivity contribution in [3.8, 4) is 0 Å². The molecule has 0 bridgehead atoms. The maximum atomic E-state index is 9.51. The zero-order valence-electron chi connectivity index (χ0n) is 11.3. The molecule has 1 rings (SSSR count). The standard InChI is InChI=1S/C16H26O/c1-3-4-5-6-7-11-15(13-17)16-12-9-8-10-14(16)2/h8-10,12,15,17H,3-7,11,13H2,1-2H3. The highest BCUT2D eigenvalue weighted by Crippen LogP contribution is 2.25. The molecule has 0 aliphatic carbocycles. The zero-order valence-corrected chi connectivity index (χ0v) is 11.3. The molecule has 0 heterocycles. The van der Waals surface area contributed by atoms with Gasteiger partial charge in [0.2, 0.25) is 0 Å².